The number of amides is 2. The van der Waals surface area contributed by atoms with Gasteiger partial charge in [-0.05, 0) is 47.5 Å². The molecule has 0 radical (unpaired) electrons. The number of carboxylic acids is 1. The molecule has 0 atom stereocenters. The lowest BCUT2D eigenvalue weighted by Crippen LogP contribution is -2.38. The minimum absolute atomic E-state index is 0.231. The Morgan fingerprint density at radius 1 is 1.47 bits per heavy atom. The molecule has 0 saturated carbocycles. The molecular formula is C12H14BrFN2O3. The van der Waals surface area contributed by atoms with E-state index in [0.29, 0.717) is 11.3 Å². The number of halogens is 2. The zero-order valence-electron chi connectivity index (χ0n) is 10.5. The molecule has 0 aliphatic rings. The maximum absolute atomic E-state index is 13.2. The number of nitrogens with one attached hydrogen (secondary N) is 1. The monoisotopic (exact) mass is 332 g/mol. The van der Waals surface area contributed by atoms with Crippen molar-refractivity contribution in [1.82, 2.24) is 4.90 Å². The second kappa shape index (κ2) is 6.51. The number of carboxylic acid groups (broad SMARTS) is 1. The van der Waals surface area contributed by atoms with Crippen molar-refractivity contribution in [3.05, 3.63) is 28.0 Å². The average Bonchev–Trinajstić information content (AvgIpc) is 2.32. The summed E-state index contributed by atoms with van der Waals surface area (Å²) in [6, 6.07) is 2.19. The van der Waals surface area contributed by atoms with Gasteiger partial charge < -0.3 is 15.3 Å². The number of anilines is 1. The van der Waals surface area contributed by atoms with E-state index in [9.17, 15) is 14.0 Å². The zero-order valence-corrected chi connectivity index (χ0v) is 12.1. The van der Waals surface area contributed by atoms with Crippen molar-refractivity contribution in [3.8, 4) is 0 Å². The number of aryl methyl sites for hydroxylation is 1. The standard InChI is InChI=1S/C12H14BrFN2O3/c1-3-16(6-11(17)18)12(19)15-10-5-8(13)9(14)4-7(10)2/h4-5H,3,6H2,1-2H3,(H,15,19)(H,17,18). The Bertz CT molecular complexity index is 508. The molecule has 0 spiro atoms. The van der Waals surface area contributed by atoms with Gasteiger partial charge in [-0.2, -0.15) is 0 Å². The van der Waals surface area contributed by atoms with Crippen LogP contribution >= 0.6 is 15.9 Å². The van der Waals surface area contributed by atoms with Crippen LogP contribution in [-0.2, 0) is 4.79 Å². The van der Waals surface area contributed by atoms with Crippen molar-refractivity contribution < 1.29 is 19.1 Å². The molecular weight excluding hydrogens is 319 g/mol. The van der Waals surface area contributed by atoms with Crippen LogP contribution in [0.15, 0.2) is 16.6 Å². The molecule has 19 heavy (non-hydrogen) atoms. The fourth-order valence-corrected chi connectivity index (χ4v) is 1.81. The van der Waals surface area contributed by atoms with Crippen LogP contribution in [0.3, 0.4) is 0 Å². The van der Waals surface area contributed by atoms with Crippen LogP contribution in [-0.4, -0.2) is 35.1 Å². The fraction of sp³-hybridized carbons (Fsp3) is 0.333. The Hall–Kier alpha value is -1.63. The third-order valence-corrected chi connectivity index (χ3v) is 3.11. The first kappa shape index (κ1) is 15.4. The van der Waals surface area contributed by atoms with Crippen LogP contribution in [0.5, 0.6) is 0 Å². The van der Waals surface area contributed by atoms with Gasteiger partial charge in [0.25, 0.3) is 0 Å². The molecule has 7 heteroatoms. The summed E-state index contributed by atoms with van der Waals surface area (Å²) in [5.74, 6) is -1.51. The van der Waals surface area contributed by atoms with Crippen molar-refractivity contribution in [1.29, 1.82) is 0 Å². The van der Waals surface area contributed by atoms with Crippen LogP contribution < -0.4 is 5.32 Å². The first-order chi connectivity index (χ1) is 8.85. The highest BCUT2D eigenvalue weighted by molar-refractivity contribution is 9.10. The Balaban J connectivity index is 2.86. The maximum atomic E-state index is 13.2. The minimum atomic E-state index is -1.09. The van der Waals surface area contributed by atoms with E-state index in [0.717, 1.165) is 4.90 Å². The van der Waals surface area contributed by atoms with Crippen molar-refractivity contribution in [2.45, 2.75) is 13.8 Å². The maximum Gasteiger partial charge on any atom is 0.323 e. The number of urea groups is 1. The van der Waals surface area contributed by atoms with Crippen molar-refractivity contribution >= 4 is 33.6 Å². The largest absolute Gasteiger partial charge is 0.480 e. The third-order valence-electron chi connectivity index (χ3n) is 2.50. The Labute approximate surface area is 118 Å². The summed E-state index contributed by atoms with van der Waals surface area (Å²) in [7, 11) is 0. The minimum Gasteiger partial charge on any atom is -0.480 e. The summed E-state index contributed by atoms with van der Waals surface area (Å²) in [4.78, 5) is 23.6. The van der Waals surface area contributed by atoms with Crippen LogP contribution in [0.25, 0.3) is 0 Å². The average molecular weight is 333 g/mol. The topological polar surface area (TPSA) is 69.6 Å². The van der Waals surface area contributed by atoms with E-state index >= 15 is 0 Å². The molecule has 5 nitrogen and oxygen atoms in total. The molecule has 0 saturated heterocycles. The number of aliphatic carboxylic acids is 1. The molecule has 2 amide bonds. The van der Waals surface area contributed by atoms with E-state index in [1.165, 1.54) is 12.1 Å². The molecule has 1 aromatic carbocycles. The predicted molar refractivity (Wildman–Crippen MR) is 72.7 cm³/mol. The molecule has 0 unspecified atom stereocenters. The summed E-state index contributed by atoms with van der Waals surface area (Å²) in [6.45, 7) is 3.21. The Kier molecular flexibility index (Phi) is 5.29. The highest BCUT2D eigenvalue weighted by atomic mass is 79.9. The lowest BCUT2D eigenvalue weighted by atomic mass is 10.2. The summed E-state index contributed by atoms with van der Waals surface area (Å²) >= 11 is 3.03. The van der Waals surface area contributed by atoms with Crippen molar-refractivity contribution in [2.75, 3.05) is 18.4 Å². The van der Waals surface area contributed by atoms with Gasteiger partial charge in [0, 0.05) is 12.2 Å². The highest BCUT2D eigenvalue weighted by Gasteiger charge is 2.16. The van der Waals surface area contributed by atoms with Crippen molar-refractivity contribution in [3.63, 3.8) is 0 Å². The molecule has 1 aromatic rings. The van der Waals surface area contributed by atoms with Gasteiger partial charge in [-0.1, -0.05) is 0 Å². The van der Waals surface area contributed by atoms with Crippen LogP contribution in [0, 0.1) is 12.7 Å². The molecule has 0 aliphatic heterocycles. The zero-order chi connectivity index (χ0) is 14.6. The number of carbonyl (C=O) groups excluding carboxylic acids is 1. The molecule has 2 N–H and O–H groups in total. The molecule has 1 rings (SSSR count). The van der Waals surface area contributed by atoms with Crippen molar-refractivity contribution in [2.24, 2.45) is 0 Å². The van der Waals surface area contributed by atoms with E-state index in [-0.39, 0.29) is 17.6 Å². The first-order valence-electron chi connectivity index (χ1n) is 5.58. The van der Waals surface area contributed by atoms with E-state index in [2.05, 4.69) is 21.2 Å². The van der Waals surface area contributed by atoms with Gasteiger partial charge in [0.1, 0.15) is 12.4 Å². The van der Waals surface area contributed by atoms with E-state index in [1.54, 1.807) is 13.8 Å². The van der Waals surface area contributed by atoms with Gasteiger partial charge in [-0.15, -0.1) is 0 Å². The van der Waals surface area contributed by atoms with Gasteiger partial charge >= 0.3 is 12.0 Å². The molecule has 0 aliphatic carbocycles. The molecule has 0 heterocycles. The molecule has 0 aromatic heterocycles. The lowest BCUT2D eigenvalue weighted by molar-refractivity contribution is -0.137. The summed E-state index contributed by atoms with van der Waals surface area (Å²) < 4.78 is 13.5. The fourth-order valence-electron chi connectivity index (χ4n) is 1.47. The number of rotatable bonds is 4. The quantitative estimate of drug-likeness (QED) is 0.890. The second-order valence-corrected chi connectivity index (χ2v) is 4.77. The third kappa shape index (κ3) is 4.20. The van der Waals surface area contributed by atoms with Gasteiger partial charge in [-0.25, -0.2) is 9.18 Å². The normalized spacial score (nSPS) is 10.1. The number of likely N-dealkylation sites (N-methyl/N-ethyl adjacent to an activating group) is 1. The van der Waals surface area contributed by atoms with Crippen LogP contribution in [0.1, 0.15) is 12.5 Å². The van der Waals surface area contributed by atoms with Crippen LogP contribution in [0.4, 0.5) is 14.9 Å². The van der Waals surface area contributed by atoms with Crippen LogP contribution in [0.2, 0.25) is 0 Å². The first-order valence-corrected chi connectivity index (χ1v) is 6.37. The summed E-state index contributed by atoms with van der Waals surface area (Å²) in [5.41, 5.74) is 0.988. The Morgan fingerprint density at radius 2 is 2.11 bits per heavy atom. The molecule has 0 bridgehead atoms. The number of hydrogen-bond acceptors (Lipinski definition) is 2. The van der Waals surface area contributed by atoms with Gasteiger partial charge in [0.2, 0.25) is 0 Å². The number of nitrogens with zero attached hydrogens (tertiary/aromatic N) is 1. The summed E-state index contributed by atoms with van der Waals surface area (Å²) in [5, 5.41) is 11.2. The van der Waals surface area contributed by atoms with E-state index < -0.39 is 17.8 Å². The highest BCUT2D eigenvalue weighted by Crippen LogP contribution is 2.24. The smallest absolute Gasteiger partial charge is 0.323 e. The lowest BCUT2D eigenvalue weighted by Gasteiger charge is -2.20. The van der Waals surface area contributed by atoms with E-state index in [4.69, 9.17) is 5.11 Å². The van der Waals surface area contributed by atoms with E-state index in [1.807, 2.05) is 0 Å². The number of carbonyl (C=O) groups is 2. The molecule has 0 fully saturated rings. The van der Waals surface area contributed by atoms with Gasteiger partial charge in [0.05, 0.1) is 4.47 Å². The van der Waals surface area contributed by atoms with Gasteiger partial charge in [-0.3, -0.25) is 4.79 Å². The van der Waals surface area contributed by atoms with Gasteiger partial charge in [0.15, 0.2) is 0 Å². The summed E-state index contributed by atoms with van der Waals surface area (Å²) in [6.07, 6.45) is 0. The second-order valence-electron chi connectivity index (χ2n) is 3.92. The molecule has 104 valence electrons. The SMILES string of the molecule is CCN(CC(=O)O)C(=O)Nc1cc(Br)c(F)cc1C. The number of hydrogen-bond donors (Lipinski definition) is 2. The number of benzene rings is 1. The predicted octanol–water partition coefficient (Wildman–Crippen LogP) is 2.84. The Morgan fingerprint density at radius 3 is 2.63 bits per heavy atom.